The van der Waals surface area contributed by atoms with E-state index in [9.17, 15) is 0 Å². The Hall–Kier alpha value is -2.29. The second-order valence-corrected chi connectivity index (χ2v) is 6.40. The average Bonchev–Trinajstić information content (AvgIpc) is 2.98. The molecule has 2 aromatic heterocycles. The Morgan fingerprint density at radius 3 is 2.76 bits per heavy atom. The number of para-hydroxylation sites is 1. The Balaban J connectivity index is 1.94. The minimum Gasteiger partial charge on any atom is -0.366 e. The van der Waals surface area contributed by atoms with E-state index in [0.717, 1.165) is 5.65 Å². The molecule has 4 rings (SSSR count). The van der Waals surface area contributed by atoms with Gasteiger partial charge >= 0.3 is 0 Å². The number of likely N-dealkylation sites (N-methyl/N-ethyl adjacent to an activating group) is 1. The summed E-state index contributed by atoms with van der Waals surface area (Å²) in [4.78, 5) is 10.1. The van der Waals surface area contributed by atoms with Crippen LogP contribution >= 0.6 is 0 Å². The van der Waals surface area contributed by atoms with Crippen molar-refractivity contribution in [1.29, 1.82) is 0 Å². The van der Waals surface area contributed by atoms with Crippen LogP contribution in [0.25, 0.3) is 11.0 Å². The van der Waals surface area contributed by atoms with Crippen molar-refractivity contribution in [2.75, 3.05) is 11.9 Å². The van der Waals surface area contributed by atoms with E-state index in [1.54, 1.807) is 0 Å². The zero-order chi connectivity index (χ0) is 14.6. The number of nitrogens with zero attached hydrogens (tertiary/aromatic N) is 2. The third kappa shape index (κ3) is 1.57. The first kappa shape index (κ1) is 12.5. The Labute approximate surface area is 124 Å². The van der Waals surface area contributed by atoms with E-state index >= 15 is 0 Å². The van der Waals surface area contributed by atoms with Gasteiger partial charge in [0.1, 0.15) is 5.65 Å². The van der Waals surface area contributed by atoms with Crippen LogP contribution in [-0.4, -0.2) is 17.0 Å². The molecule has 0 saturated heterocycles. The summed E-state index contributed by atoms with van der Waals surface area (Å²) in [7, 11) is 2.19. The first-order valence-corrected chi connectivity index (χ1v) is 7.35. The van der Waals surface area contributed by atoms with Crippen molar-refractivity contribution in [3.63, 3.8) is 0 Å². The van der Waals surface area contributed by atoms with Crippen molar-refractivity contribution < 1.29 is 0 Å². The van der Waals surface area contributed by atoms with Crippen molar-refractivity contribution in [2.45, 2.75) is 25.3 Å². The third-order valence-corrected chi connectivity index (χ3v) is 4.83. The Morgan fingerprint density at radius 2 is 1.95 bits per heavy atom. The van der Waals surface area contributed by atoms with Gasteiger partial charge in [-0.3, -0.25) is 0 Å². The third-order valence-electron chi connectivity index (χ3n) is 4.83. The van der Waals surface area contributed by atoms with E-state index in [4.69, 9.17) is 0 Å². The smallest absolute Gasteiger partial charge is 0.137 e. The van der Waals surface area contributed by atoms with Crippen molar-refractivity contribution in [1.82, 2.24) is 9.97 Å². The molecule has 1 N–H and O–H groups in total. The van der Waals surface area contributed by atoms with Crippen molar-refractivity contribution in [2.24, 2.45) is 0 Å². The summed E-state index contributed by atoms with van der Waals surface area (Å²) in [5, 5.41) is 1.22. The fraction of sp³-hybridized carbons (Fsp3) is 0.278. The number of pyridine rings is 1. The van der Waals surface area contributed by atoms with Crippen LogP contribution in [0.2, 0.25) is 0 Å². The first-order chi connectivity index (χ1) is 10.1. The summed E-state index contributed by atoms with van der Waals surface area (Å²) in [5.74, 6) is 0. The standard InChI is InChI=1S/C18H19N3/c1-18(2)14-8-4-5-9-15(14)21(3)16(18)13-11-20-17-12(13)7-6-10-19-17/h4-11,16H,1-3H3,(H,19,20). The monoisotopic (exact) mass is 277 g/mol. The summed E-state index contributed by atoms with van der Waals surface area (Å²) >= 11 is 0. The van der Waals surface area contributed by atoms with Crippen molar-refractivity contribution in [3.8, 4) is 0 Å². The minimum absolute atomic E-state index is 0.0658. The number of nitrogens with one attached hydrogen (secondary N) is 1. The van der Waals surface area contributed by atoms with Crippen LogP contribution in [0.1, 0.15) is 31.0 Å². The van der Waals surface area contributed by atoms with Gasteiger partial charge in [-0.15, -0.1) is 0 Å². The number of H-pyrrole nitrogens is 1. The summed E-state index contributed by atoms with van der Waals surface area (Å²) in [6.07, 6.45) is 3.95. The molecule has 1 unspecified atom stereocenters. The molecule has 3 nitrogen and oxygen atoms in total. The van der Waals surface area contributed by atoms with E-state index in [-0.39, 0.29) is 5.41 Å². The van der Waals surface area contributed by atoms with Gasteiger partial charge in [0, 0.05) is 41.5 Å². The van der Waals surface area contributed by atoms with Crippen molar-refractivity contribution >= 4 is 16.7 Å². The molecule has 1 atom stereocenters. The second-order valence-electron chi connectivity index (χ2n) is 6.40. The molecule has 3 heterocycles. The highest BCUT2D eigenvalue weighted by Gasteiger charge is 2.44. The van der Waals surface area contributed by atoms with E-state index in [1.807, 2.05) is 12.3 Å². The summed E-state index contributed by atoms with van der Waals surface area (Å²) < 4.78 is 0. The summed E-state index contributed by atoms with van der Waals surface area (Å²) in [6, 6.07) is 13.2. The molecule has 0 spiro atoms. The molecule has 1 aliphatic rings. The van der Waals surface area contributed by atoms with Crippen LogP contribution in [0.5, 0.6) is 0 Å². The number of benzene rings is 1. The Kier molecular flexibility index (Phi) is 2.43. The lowest BCUT2D eigenvalue weighted by Gasteiger charge is -2.32. The van der Waals surface area contributed by atoms with E-state index in [2.05, 4.69) is 72.3 Å². The molecular weight excluding hydrogens is 258 g/mol. The maximum Gasteiger partial charge on any atom is 0.137 e. The van der Waals surface area contributed by atoms with Crippen LogP contribution in [0.15, 0.2) is 48.8 Å². The maximum atomic E-state index is 4.42. The van der Waals surface area contributed by atoms with Gasteiger partial charge in [-0.05, 0) is 23.8 Å². The number of aromatic nitrogens is 2. The summed E-state index contributed by atoms with van der Waals surface area (Å²) in [5.41, 5.74) is 5.09. The predicted molar refractivity (Wildman–Crippen MR) is 86.7 cm³/mol. The molecule has 0 radical (unpaired) electrons. The van der Waals surface area contributed by atoms with Gasteiger partial charge in [0.05, 0.1) is 6.04 Å². The molecule has 3 heteroatoms. The van der Waals surface area contributed by atoms with Crippen LogP contribution in [0, 0.1) is 0 Å². The average molecular weight is 277 g/mol. The number of aromatic amines is 1. The fourth-order valence-corrected chi connectivity index (χ4v) is 3.90. The molecule has 1 aliphatic heterocycles. The molecule has 0 amide bonds. The van der Waals surface area contributed by atoms with Gasteiger partial charge in [0.15, 0.2) is 0 Å². The highest BCUT2D eigenvalue weighted by atomic mass is 15.2. The predicted octanol–water partition coefficient (Wildman–Crippen LogP) is 4.03. The highest BCUT2D eigenvalue weighted by molar-refractivity contribution is 5.82. The number of hydrogen-bond acceptors (Lipinski definition) is 2. The maximum absolute atomic E-state index is 4.42. The topological polar surface area (TPSA) is 31.9 Å². The molecular formula is C18H19N3. The second kappa shape index (κ2) is 4.10. The molecule has 0 aliphatic carbocycles. The van der Waals surface area contributed by atoms with Gasteiger partial charge in [-0.25, -0.2) is 4.98 Å². The molecule has 21 heavy (non-hydrogen) atoms. The lowest BCUT2D eigenvalue weighted by atomic mass is 9.77. The largest absolute Gasteiger partial charge is 0.366 e. The van der Waals surface area contributed by atoms with Crippen molar-refractivity contribution in [3.05, 3.63) is 59.9 Å². The van der Waals surface area contributed by atoms with E-state index in [1.165, 1.54) is 22.2 Å². The molecule has 0 saturated carbocycles. The molecule has 1 aromatic carbocycles. The fourth-order valence-electron chi connectivity index (χ4n) is 3.90. The quantitative estimate of drug-likeness (QED) is 0.728. The highest BCUT2D eigenvalue weighted by Crippen LogP contribution is 2.52. The number of rotatable bonds is 1. The lowest BCUT2D eigenvalue weighted by molar-refractivity contribution is 0.443. The van der Waals surface area contributed by atoms with Gasteiger partial charge in [-0.1, -0.05) is 32.0 Å². The Bertz CT molecular complexity index is 816. The normalized spacial score (nSPS) is 20.0. The van der Waals surface area contributed by atoms with Crippen LogP contribution in [0.3, 0.4) is 0 Å². The first-order valence-electron chi connectivity index (χ1n) is 7.35. The van der Waals surface area contributed by atoms with E-state index < -0.39 is 0 Å². The SMILES string of the molecule is CN1c2ccccc2C(C)(C)C1c1c[nH]c2ncccc12. The molecule has 0 bridgehead atoms. The Morgan fingerprint density at radius 1 is 1.14 bits per heavy atom. The number of anilines is 1. The number of fused-ring (bicyclic) bond motifs is 2. The number of hydrogen-bond donors (Lipinski definition) is 1. The molecule has 3 aromatic rings. The van der Waals surface area contributed by atoms with Crippen LogP contribution < -0.4 is 4.90 Å². The lowest BCUT2D eigenvalue weighted by Crippen LogP contribution is -2.30. The van der Waals surface area contributed by atoms with Gasteiger partial charge in [-0.2, -0.15) is 0 Å². The van der Waals surface area contributed by atoms with Crippen LogP contribution in [0.4, 0.5) is 5.69 Å². The van der Waals surface area contributed by atoms with Gasteiger partial charge in [0.25, 0.3) is 0 Å². The minimum atomic E-state index is 0.0658. The van der Waals surface area contributed by atoms with E-state index in [0.29, 0.717) is 6.04 Å². The zero-order valence-corrected chi connectivity index (χ0v) is 12.6. The molecule has 0 fully saturated rings. The van der Waals surface area contributed by atoms with Gasteiger partial charge in [0.2, 0.25) is 0 Å². The molecule has 106 valence electrons. The van der Waals surface area contributed by atoms with Gasteiger partial charge < -0.3 is 9.88 Å². The zero-order valence-electron chi connectivity index (χ0n) is 12.6. The summed E-state index contributed by atoms with van der Waals surface area (Å²) in [6.45, 7) is 4.66. The van der Waals surface area contributed by atoms with Crippen LogP contribution in [-0.2, 0) is 5.41 Å².